The van der Waals surface area contributed by atoms with Crippen LogP contribution in [-0.4, -0.2) is 26.8 Å². The minimum atomic E-state index is -0.396. The Morgan fingerprint density at radius 2 is 1.69 bits per heavy atom. The molecule has 4 rings (SSSR count). The molecule has 0 aliphatic carbocycles. The van der Waals surface area contributed by atoms with E-state index in [1.165, 1.54) is 23.8 Å². The Balaban J connectivity index is 1.73. The maximum Gasteiger partial charge on any atom is 0.272 e. The van der Waals surface area contributed by atoms with Crippen molar-refractivity contribution in [3.8, 4) is 22.8 Å². The molecule has 0 fully saturated rings. The Labute approximate surface area is 185 Å². The number of benzene rings is 3. The van der Waals surface area contributed by atoms with E-state index < -0.39 is 5.91 Å². The average molecular weight is 425 g/mol. The number of hydrogen-bond donors (Lipinski definition) is 3. The van der Waals surface area contributed by atoms with Gasteiger partial charge >= 0.3 is 0 Å². The van der Waals surface area contributed by atoms with Gasteiger partial charge in [-0.2, -0.15) is 5.10 Å². The Morgan fingerprint density at radius 3 is 2.47 bits per heavy atom. The highest BCUT2D eigenvalue weighted by Crippen LogP contribution is 2.27. The number of phenolic OH excluding ortho intramolecular Hbond substituents is 2. The summed E-state index contributed by atoms with van der Waals surface area (Å²) in [6.45, 7) is 5.73. The van der Waals surface area contributed by atoms with E-state index in [1.807, 2.05) is 43.3 Å². The smallest absolute Gasteiger partial charge is 0.272 e. The molecule has 4 aromatic rings. The molecule has 6 nitrogen and oxygen atoms in total. The molecule has 1 amide bonds. The van der Waals surface area contributed by atoms with Crippen molar-refractivity contribution in [1.29, 1.82) is 0 Å². The molecule has 0 bridgehead atoms. The summed E-state index contributed by atoms with van der Waals surface area (Å²) in [4.78, 5) is 17.8. The lowest BCUT2D eigenvalue weighted by Crippen LogP contribution is -2.20. The van der Waals surface area contributed by atoms with Gasteiger partial charge < -0.3 is 10.2 Å². The number of nitrogens with zero attached hydrogens (tertiary/aromatic N) is 2. The van der Waals surface area contributed by atoms with Crippen molar-refractivity contribution < 1.29 is 15.0 Å². The van der Waals surface area contributed by atoms with E-state index in [1.54, 1.807) is 13.0 Å². The van der Waals surface area contributed by atoms with Crippen LogP contribution in [0.3, 0.4) is 0 Å². The molecule has 160 valence electrons. The van der Waals surface area contributed by atoms with Crippen molar-refractivity contribution in [2.75, 3.05) is 0 Å². The van der Waals surface area contributed by atoms with E-state index in [0.29, 0.717) is 33.4 Å². The summed E-state index contributed by atoms with van der Waals surface area (Å²) < 4.78 is 0. The molecular formula is C26H23N3O3. The number of amides is 1. The molecule has 3 aromatic carbocycles. The minimum Gasteiger partial charge on any atom is -0.508 e. The van der Waals surface area contributed by atoms with E-state index in [2.05, 4.69) is 23.5 Å². The highest BCUT2D eigenvalue weighted by Gasteiger charge is 2.15. The molecule has 1 heterocycles. The van der Waals surface area contributed by atoms with Crippen LogP contribution in [0.1, 0.15) is 34.0 Å². The van der Waals surface area contributed by atoms with Crippen LogP contribution in [0.2, 0.25) is 0 Å². The molecule has 1 aromatic heterocycles. The van der Waals surface area contributed by atoms with Gasteiger partial charge in [0.2, 0.25) is 0 Å². The number of phenols is 2. The third-order valence-corrected chi connectivity index (χ3v) is 5.46. The van der Waals surface area contributed by atoms with E-state index in [4.69, 9.17) is 4.98 Å². The molecule has 0 aliphatic heterocycles. The van der Waals surface area contributed by atoms with Gasteiger partial charge in [0.1, 0.15) is 11.5 Å². The molecule has 0 saturated heterocycles. The van der Waals surface area contributed by atoms with Crippen LogP contribution in [0.25, 0.3) is 22.2 Å². The number of aromatic hydroxyl groups is 2. The zero-order valence-electron chi connectivity index (χ0n) is 18.0. The number of carbonyl (C=O) groups excluding carboxylic acids is 1. The van der Waals surface area contributed by atoms with Gasteiger partial charge in [0, 0.05) is 16.5 Å². The number of hydrogen-bond acceptors (Lipinski definition) is 5. The van der Waals surface area contributed by atoms with Crippen molar-refractivity contribution in [2.45, 2.75) is 20.8 Å². The number of carbonyl (C=O) groups is 1. The van der Waals surface area contributed by atoms with Gasteiger partial charge in [0.25, 0.3) is 5.91 Å². The first-order chi connectivity index (χ1) is 15.3. The number of rotatable bonds is 4. The monoisotopic (exact) mass is 425 g/mol. The number of pyridine rings is 1. The first kappa shape index (κ1) is 21.1. The summed E-state index contributed by atoms with van der Waals surface area (Å²) in [6.07, 6.45) is 0. The molecule has 0 saturated carbocycles. The molecular weight excluding hydrogens is 402 g/mol. The molecule has 32 heavy (non-hydrogen) atoms. The van der Waals surface area contributed by atoms with Gasteiger partial charge in [0.15, 0.2) is 0 Å². The van der Waals surface area contributed by atoms with Gasteiger partial charge in [-0.3, -0.25) is 4.79 Å². The van der Waals surface area contributed by atoms with Crippen LogP contribution in [-0.2, 0) is 0 Å². The minimum absolute atomic E-state index is 0.00293. The Kier molecular flexibility index (Phi) is 5.60. The number of nitrogens with one attached hydrogen (secondary N) is 1. The van der Waals surface area contributed by atoms with Crippen LogP contribution in [0.15, 0.2) is 71.8 Å². The highest BCUT2D eigenvalue weighted by molar-refractivity contribution is 6.08. The summed E-state index contributed by atoms with van der Waals surface area (Å²) in [5.74, 6) is -0.436. The average Bonchev–Trinajstić information content (AvgIpc) is 2.79. The summed E-state index contributed by atoms with van der Waals surface area (Å²) >= 11 is 0. The number of hydrazone groups is 1. The first-order valence-corrected chi connectivity index (χ1v) is 10.2. The molecule has 0 aliphatic rings. The topological polar surface area (TPSA) is 94.8 Å². The summed E-state index contributed by atoms with van der Waals surface area (Å²) in [5, 5.41) is 24.5. The lowest BCUT2D eigenvalue weighted by atomic mass is 10.0. The van der Waals surface area contributed by atoms with Crippen LogP contribution in [0, 0.1) is 13.8 Å². The zero-order valence-corrected chi connectivity index (χ0v) is 18.0. The molecule has 0 atom stereocenters. The predicted molar refractivity (Wildman–Crippen MR) is 126 cm³/mol. The molecule has 3 N–H and O–H groups in total. The lowest BCUT2D eigenvalue weighted by Gasteiger charge is -2.11. The normalized spacial score (nSPS) is 11.5. The van der Waals surface area contributed by atoms with Crippen molar-refractivity contribution in [3.05, 3.63) is 89.0 Å². The standard InChI is InChI=1S/C26H23N3O3/c1-15-8-9-18(12-16(15)2)24-14-22(20-6-4-5-7-23(20)27-24)26(32)29-28-17(3)21-13-19(30)10-11-25(21)31/h4-14,30-31H,1-3H3,(H,29,32)/b28-17-. The second-order valence-electron chi connectivity index (χ2n) is 7.71. The Bertz CT molecular complexity index is 1380. The first-order valence-electron chi connectivity index (χ1n) is 10.2. The number of para-hydroxylation sites is 1. The maximum absolute atomic E-state index is 13.1. The highest BCUT2D eigenvalue weighted by atomic mass is 16.3. The third-order valence-electron chi connectivity index (χ3n) is 5.46. The van der Waals surface area contributed by atoms with Gasteiger partial charge in [-0.1, -0.05) is 30.3 Å². The quantitative estimate of drug-likeness (QED) is 0.241. The van der Waals surface area contributed by atoms with Gasteiger partial charge in [-0.15, -0.1) is 0 Å². The predicted octanol–water partition coefficient (Wildman–Crippen LogP) is 5.08. The fourth-order valence-electron chi connectivity index (χ4n) is 3.48. The van der Waals surface area contributed by atoms with E-state index in [-0.39, 0.29) is 11.5 Å². The second kappa shape index (κ2) is 8.51. The fraction of sp³-hybridized carbons (Fsp3) is 0.115. The molecule has 0 unspecified atom stereocenters. The van der Waals surface area contributed by atoms with Gasteiger partial charge in [-0.25, -0.2) is 10.4 Å². The molecule has 0 radical (unpaired) electrons. The van der Waals surface area contributed by atoms with Crippen molar-refractivity contribution in [1.82, 2.24) is 10.4 Å². The maximum atomic E-state index is 13.1. The summed E-state index contributed by atoms with van der Waals surface area (Å²) in [5.41, 5.74) is 8.37. The Hall–Kier alpha value is -4.19. The van der Waals surface area contributed by atoms with E-state index in [0.717, 1.165) is 11.1 Å². The summed E-state index contributed by atoms with van der Waals surface area (Å²) in [7, 11) is 0. The van der Waals surface area contributed by atoms with Crippen molar-refractivity contribution in [2.24, 2.45) is 5.10 Å². The lowest BCUT2D eigenvalue weighted by molar-refractivity contribution is 0.0956. The van der Waals surface area contributed by atoms with Gasteiger partial charge in [-0.05, 0) is 68.3 Å². The van der Waals surface area contributed by atoms with E-state index >= 15 is 0 Å². The van der Waals surface area contributed by atoms with Crippen molar-refractivity contribution in [3.63, 3.8) is 0 Å². The third kappa shape index (κ3) is 4.16. The SMILES string of the molecule is C/C(=N/NC(=O)c1cc(-c2ccc(C)c(C)c2)nc2ccccc12)c1cc(O)ccc1O. The summed E-state index contributed by atoms with van der Waals surface area (Å²) in [6, 6.07) is 19.4. The molecule has 0 spiro atoms. The van der Waals surface area contributed by atoms with Crippen molar-refractivity contribution >= 4 is 22.5 Å². The number of aromatic nitrogens is 1. The van der Waals surface area contributed by atoms with Crippen LogP contribution in [0.4, 0.5) is 0 Å². The van der Waals surface area contributed by atoms with E-state index in [9.17, 15) is 15.0 Å². The zero-order chi connectivity index (χ0) is 22.8. The van der Waals surface area contributed by atoms with Gasteiger partial charge in [0.05, 0.1) is 22.5 Å². The largest absolute Gasteiger partial charge is 0.508 e. The second-order valence-corrected chi connectivity index (χ2v) is 7.71. The van der Waals surface area contributed by atoms with Crippen LogP contribution >= 0.6 is 0 Å². The number of aryl methyl sites for hydroxylation is 2. The van der Waals surface area contributed by atoms with Crippen LogP contribution < -0.4 is 5.43 Å². The Morgan fingerprint density at radius 1 is 0.906 bits per heavy atom. The van der Waals surface area contributed by atoms with Crippen LogP contribution in [0.5, 0.6) is 11.5 Å². The fourth-order valence-corrected chi connectivity index (χ4v) is 3.48. The number of fused-ring (bicyclic) bond motifs is 1. The molecule has 6 heteroatoms.